The molecule has 1 unspecified atom stereocenters. The van der Waals surface area contributed by atoms with Crippen LogP contribution in [0.25, 0.3) is 0 Å². The van der Waals surface area contributed by atoms with E-state index in [1.54, 1.807) is 12.1 Å². The molecule has 0 spiro atoms. The van der Waals surface area contributed by atoms with Crippen molar-refractivity contribution in [3.05, 3.63) is 88.7 Å². The number of aliphatic hydroxyl groups is 1. The maximum absolute atomic E-state index is 14.1. The van der Waals surface area contributed by atoms with Gasteiger partial charge < -0.3 is 20.1 Å². The van der Waals surface area contributed by atoms with Crippen molar-refractivity contribution in [3.63, 3.8) is 0 Å². The molecule has 6 nitrogen and oxygen atoms in total. The number of rotatable bonds is 9. The van der Waals surface area contributed by atoms with Crippen LogP contribution in [0, 0.1) is 17.6 Å². The van der Waals surface area contributed by atoms with Crippen molar-refractivity contribution in [2.45, 2.75) is 44.8 Å². The van der Waals surface area contributed by atoms with Crippen LogP contribution < -0.4 is 10.1 Å². The van der Waals surface area contributed by atoms with Gasteiger partial charge >= 0.3 is 0 Å². The summed E-state index contributed by atoms with van der Waals surface area (Å²) in [5.41, 5.74) is 3.18. The van der Waals surface area contributed by atoms with E-state index in [1.807, 2.05) is 36.1 Å². The first-order chi connectivity index (χ1) is 17.4. The van der Waals surface area contributed by atoms with Gasteiger partial charge in [0.05, 0.1) is 24.0 Å². The third kappa shape index (κ3) is 5.24. The highest BCUT2D eigenvalue weighted by Gasteiger charge is 2.41. The van der Waals surface area contributed by atoms with Crippen LogP contribution in [-0.4, -0.2) is 40.1 Å². The fourth-order valence-corrected chi connectivity index (χ4v) is 4.66. The Kier molecular flexibility index (Phi) is 6.98. The van der Waals surface area contributed by atoms with Gasteiger partial charge in [0, 0.05) is 30.8 Å². The summed E-state index contributed by atoms with van der Waals surface area (Å²) in [7, 11) is 0. The van der Waals surface area contributed by atoms with Crippen molar-refractivity contribution in [1.82, 2.24) is 15.2 Å². The lowest BCUT2D eigenvalue weighted by Crippen LogP contribution is -2.41. The van der Waals surface area contributed by atoms with Gasteiger partial charge in [0.15, 0.2) is 11.6 Å². The molecule has 2 aromatic carbocycles. The Morgan fingerprint density at radius 2 is 2.00 bits per heavy atom. The van der Waals surface area contributed by atoms with Crippen molar-refractivity contribution in [2.24, 2.45) is 5.92 Å². The molecule has 0 bridgehead atoms. The summed E-state index contributed by atoms with van der Waals surface area (Å²) in [6.45, 7) is 3.07. The highest BCUT2D eigenvalue weighted by molar-refractivity contribution is 5.97. The smallest absolute Gasteiger partial charge is 0.254 e. The van der Waals surface area contributed by atoms with Gasteiger partial charge in [-0.2, -0.15) is 0 Å². The van der Waals surface area contributed by atoms with Crippen LogP contribution in [-0.2, 0) is 13.0 Å². The normalized spacial score (nSPS) is 17.0. The number of halogens is 2. The van der Waals surface area contributed by atoms with Gasteiger partial charge in [-0.3, -0.25) is 9.78 Å². The minimum atomic E-state index is -0.803. The molecule has 1 amide bonds. The van der Waals surface area contributed by atoms with E-state index in [2.05, 4.69) is 5.32 Å². The predicted octanol–water partition coefficient (Wildman–Crippen LogP) is 4.77. The highest BCUT2D eigenvalue weighted by atomic mass is 19.1. The van der Waals surface area contributed by atoms with E-state index in [9.17, 15) is 18.7 Å². The van der Waals surface area contributed by atoms with Crippen LogP contribution in [0.2, 0.25) is 0 Å². The van der Waals surface area contributed by atoms with Gasteiger partial charge in [-0.1, -0.05) is 12.1 Å². The number of hydrogen-bond donors (Lipinski definition) is 2. The van der Waals surface area contributed by atoms with Crippen LogP contribution in [0.3, 0.4) is 0 Å². The Balaban J connectivity index is 1.39. The molecule has 36 heavy (non-hydrogen) atoms. The van der Waals surface area contributed by atoms with Crippen molar-refractivity contribution in [1.29, 1.82) is 0 Å². The summed E-state index contributed by atoms with van der Waals surface area (Å²) in [5, 5.41) is 12.5. The molecule has 188 valence electrons. The molecule has 2 atom stereocenters. The minimum Gasteiger partial charge on any atom is -0.454 e. The summed E-state index contributed by atoms with van der Waals surface area (Å²) in [5.74, 6) is -1.01. The fraction of sp³-hybridized carbons (Fsp3) is 0.357. The largest absolute Gasteiger partial charge is 0.454 e. The molecule has 2 N–H and O–H groups in total. The van der Waals surface area contributed by atoms with Gasteiger partial charge in [-0.05, 0) is 74.1 Å². The number of aliphatic hydroxyl groups excluding tert-OH is 1. The zero-order valence-electron chi connectivity index (χ0n) is 20.1. The number of aromatic nitrogens is 1. The van der Waals surface area contributed by atoms with Crippen LogP contribution in [0.15, 0.2) is 54.6 Å². The molecule has 5 rings (SSSR count). The average molecular weight is 494 g/mol. The number of hydrogen-bond acceptors (Lipinski definition) is 5. The molecule has 1 aliphatic carbocycles. The zero-order valence-corrected chi connectivity index (χ0v) is 20.1. The molecular weight excluding hydrogens is 464 g/mol. The van der Waals surface area contributed by atoms with E-state index < -0.39 is 11.6 Å². The van der Waals surface area contributed by atoms with Crippen LogP contribution in [0.5, 0.6) is 11.5 Å². The number of ether oxygens (including phenoxy) is 1. The van der Waals surface area contributed by atoms with Gasteiger partial charge in [-0.25, -0.2) is 8.78 Å². The number of amides is 1. The SMILES string of the molecule is CC(CO)NCc1cccc([C@@H](C2CC2)N2CCc3ccc(Oc4ccc(F)cc4F)cc3C2=O)n1. The topological polar surface area (TPSA) is 74.7 Å². The molecule has 0 saturated heterocycles. The molecule has 8 heteroatoms. The maximum Gasteiger partial charge on any atom is 0.254 e. The quantitative estimate of drug-likeness (QED) is 0.449. The molecule has 1 aliphatic heterocycles. The summed E-state index contributed by atoms with van der Waals surface area (Å²) in [6.07, 6.45) is 2.78. The van der Waals surface area contributed by atoms with Crippen LogP contribution in [0.4, 0.5) is 8.78 Å². The number of nitrogens with zero attached hydrogens (tertiary/aromatic N) is 2. The van der Waals surface area contributed by atoms with Gasteiger partial charge in [0.25, 0.3) is 5.91 Å². The average Bonchev–Trinajstić information content (AvgIpc) is 3.71. The molecule has 0 radical (unpaired) electrons. The molecule has 1 saturated carbocycles. The third-order valence-electron chi connectivity index (χ3n) is 6.76. The standard InChI is InChI=1S/C28H29F2N3O3/c1-17(16-34)31-15-21-3-2-4-25(32-21)27(19-5-6-19)33-12-11-18-7-9-22(14-23(18)28(33)35)36-26-10-8-20(29)13-24(26)30/h2-4,7-10,13-14,17,19,27,31,34H,5-6,11-12,15-16H2,1H3/t17?,27-/m1/s1. The Hall–Kier alpha value is -3.36. The van der Waals surface area contributed by atoms with E-state index in [-0.39, 0.29) is 30.3 Å². The number of pyridine rings is 1. The number of carbonyl (C=O) groups is 1. The molecule has 1 fully saturated rings. The Morgan fingerprint density at radius 3 is 2.75 bits per heavy atom. The molecular formula is C28H29F2N3O3. The van der Waals surface area contributed by atoms with E-state index in [1.165, 1.54) is 6.07 Å². The minimum absolute atomic E-state index is 0.0327. The lowest BCUT2D eigenvalue weighted by molar-refractivity contribution is 0.0627. The van der Waals surface area contributed by atoms with Crippen LogP contribution in [0.1, 0.15) is 53.1 Å². The van der Waals surface area contributed by atoms with Gasteiger partial charge in [-0.15, -0.1) is 0 Å². The van der Waals surface area contributed by atoms with Crippen molar-refractivity contribution < 1.29 is 23.4 Å². The van der Waals surface area contributed by atoms with Crippen LogP contribution >= 0.6 is 0 Å². The Morgan fingerprint density at radius 1 is 1.17 bits per heavy atom. The number of fused-ring (bicyclic) bond motifs is 1. The molecule has 1 aromatic heterocycles. The molecule has 3 aromatic rings. The highest BCUT2D eigenvalue weighted by Crippen LogP contribution is 2.45. The summed E-state index contributed by atoms with van der Waals surface area (Å²) in [4.78, 5) is 20.5. The Labute approximate surface area is 208 Å². The molecule has 2 heterocycles. The van der Waals surface area contributed by atoms with E-state index in [0.717, 1.165) is 41.9 Å². The Bertz CT molecular complexity index is 1260. The predicted molar refractivity (Wildman–Crippen MR) is 131 cm³/mol. The van der Waals surface area contributed by atoms with Gasteiger partial charge in [0.2, 0.25) is 0 Å². The summed E-state index contributed by atoms with van der Waals surface area (Å²) < 4.78 is 33.0. The number of benzene rings is 2. The second-order valence-electron chi connectivity index (χ2n) is 9.54. The first-order valence-corrected chi connectivity index (χ1v) is 12.3. The number of carbonyl (C=O) groups excluding carboxylic acids is 1. The van der Waals surface area contributed by atoms with Crippen molar-refractivity contribution in [3.8, 4) is 11.5 Å². The van der Waals surface area contributed by atoms with E-state index in [0.29, 0.717) is 36.7 Å². The lowest BCUT2D eigenvalue weighted by Gasteiger charge is -2.36. The first-order valence-electron chi connectivity index (χ1n) is 12.3. The van der Waals surface area contributed by atoms with Gasteiger partial charge in [0.1, 0.15) is 11.6 Å². The summed E-state index contributed by atoms with van der Waals surface area (Å²) in [6, 6.07) is 14.0. The first kappa shape index (κ1) is 24.3. The summed E-state index contributed by atoms with van der Waals surface area (Å²) >= 11 is 0. The number of nitrogens with one attached hydrogen (secondary N) is 1. The zero-order chi connectivity index (χ0) is 25.2. The van der Waals surface area contributed by atoms with Crippen molar-refractivity contribution in [2.75, 3.05) is 13.2 Å². The van der Waals surface area contributed by atoms with Crippen molar-refractivity contribution >= 4 is 5.91 Å². The lowest BCUT2D eigenvalue weighted by atomic mass is 9.95. The second-order valence-corrected chi connectivity index (χ2v) is 9.54. The maximum atomic E-state index is 14.1. The second kappa shape index (κ2) is 10.3. The molecule has 2 aliphatic rings. The fourth-order valence-electron chi connectivity index (χ4n) is 4.66. The monoisotopic (exact) mass is 493 g/mol. The van der Waals surface area contributed by atoms with E-state index >= 15 is 0 Å². The third-order valence-corrected chi connectivity index (χ3v) is 6.76. The van der Waals surface area contributed by atoms with E-state index in [4.69, 9.17) is 9.72 Å².